The number of carbonyl (C=O) groups is 1. The second kappa shape index (κ2) is 6.60. The number of nitrogens with zero attached hydrogens (tertiary/aromatic N) is 1. The van der Waals surface area contributed by atoms with Crippen LogP contribution in [0.4, 0.5) is 19.0 Å². The Balaban J connectivity index is 2.60. The van der Waals surface area contributed by atoms with Gasteiger partial charge in [-0.1, -0.05) is 11.6 Å². The number of amides is 1. The summed E-state index contributed by atoms with van der Waals surface area (Å²) in [4.78, 5) is 15.5. The van der Waals surface area contributed by atoms with Crippen molar-refractivity contribution in [2.75, 3.05) is 18.4 Å². The molecule has 0 radical (unpaired) electrons. The molecule has 19 heavy (non-hydrogen) atoms. The molecule has 0 bridgehead atoms. The lowest BCUT2D eigenvalue weighted by molar-refractivity contribution is -0.132. The first-order valence-electron chi connectivity index (χ1n) is 5.58. The molecule has 1 aromatic rings. The number of hydrogen-bond acceptors (Lipinski definition) is 3. The molecule has 0 aliphatic heterocycles. The smallest absolute Gasteiger partial charge is 0.369 e. The molecule has 0 fully saturated rings. The SMILES string of the molecule is CCNc1ncc(C(=O)NCCC(F)(F)F)cc1Cl. The lowest BCUT2D eigenvalue weighted by Crippen LogP contribution is -2.28. The molecule has 1 rings (SSSR count). The average Bonchev–Trinajstić information content (AvgIpc) is 2.30. The minimum Gasteiger partial charge on any atom is -0.369 e. The Bertz CT molecular complexity index is 451. The van der Waals surface area contributed by atoms with Gasteiger partial charge in [-0.25, -0.2) is 4.98 Å². The zero-order valence-electron chi connectivity index (χ0n) is 10.1. The van der Waals surface area contributed by atoms with Crippen LogP contribution < -0.4 is 10.6 Å². The van der Waals surface area contributed by atoms with Crippen LogP contribution in [0.15, 0.2) is 12.3 Å². The van der Waals surface area contributed by atoms with Gasteiger partial charge in [-0.2, -0.15) is 13.2 Å². The number of hydrogen-bond donors (Lipinski definition) is 2. The Morgan fingerprint density at radius 1 is 1.47 bits per heavy atom. The van der Waals surface area contributed by atoms with E-state index in [2.05, 4.69) is 15.6 Å². The molecule has 0 aliphatic rings. The first-order chi connectivity index (χ1) is 8.83. The molecule has 0 saturated carbocycles. The highest BCUT2D eigenvalue weighted by atomic mass is 35.5. The van der Waals surface area contributed by atoms with E-state index in [9.17, 15) is 18.0 Å². The summed E-state index contributed by atoms with van der Waals surface area (Å²) in [5.41, 5.74) is 0.119. The van der Waals surface area contributed by atoms with Crippen molar-refractivity contribution in [1.29, 1.82) is 0 Å². The third-order valence-electron chi connectivity index (χ3n) is 2.14. The number of carbonyl (C=O) groups excluding carboxylic acids is 1. The maximum Gasteiger partial charge on any atom is 0.390 e. The average molecular weight is 296 g/mol. The summed E-state index contributed by atoms with van der Waals surface area (Å²) >= 11 is 5.87. The van der Waals surface area contributed by atoms with Crippen molar-refractivity contribution in [2.24, 2.45) is 0 Å². The number of anilines is 1. The fraction of sp³-hybridized carbons (Fsp3) is 0.455. The summed E-state index contributed by atoms with van der Waals surface area (Å²) in [6.07, 6.45) is -4.11. The van der Waals surface area contributed by atoms with Gasteiger partial charge in [0, 0.05) is 19.3 Å². The first-order valence-corrected chi connectivity index (χ1v) is 5.95. The topological polar surface area (TPSA) is 54.0 Å². The zero-order valence-corrected chi connectivity index (χ0v) is 10.9. The molecule has 106 valence electrons. The normalized spacial score (nSPS) is 11.2. The monoisotopic (exact) mass is 295 g/mol. The van der Waals surface area contributed by atoms with Gasteiger partial charge in [0.2, 0.25) is 0 Å². The van der Waals surface area contributed by atoms with Gasteiger partial charge in [0.25, 0.3) is 5.91 Å². The van der Waals surface area contributed by atoms with E-state index in [1.165, 1.54) is 12.3 Å². The van der Waals surface area contributed by atoms with Crippen LogP contribution in [0, 0.1) is 0 Å². The first kappa shape index (κ1) is 15.6. The van der Waals surface area contributed by atoms with E-state index >= 15 is 0 Å². The van der Waals surface area contributed by atoms with Crippen LogP contribution in [-0.4, -0.2) is 30.2 Å². The van der Waals surface area contributed by atoms with Crippen LogP contribution in [0.1, 0.15) is 23.7 Å². The van der Waals surface area contributed by atoms with Gasteiger partial charge < -0.3 is 10.6 Å². The van der Waals surface area contributed by atoms with Crippen molar-refractivity contribution >= 4 is 23.3 Å². The highest BCUT2D eigenvalue weighted by Gasteiger charge is 2.26. The lowest BCUT2D eigenvalue weighted by atomic mass is 10.2. The molecule has 1 amide bonds. The standard InChI is InChI=1S/C11H13ClF3N3O/c1-2-16-9-8(12)5-7(6-18-9)10(19)17-4-3-11(13,14)15/h5-6H,2-4H2,1H3,(H,16,18)(H,17,19). The molecule has 0 atom stereocenters. The maximum absolute atomic E-state index is 11.9. The predicted molar refractivity (Wildman–Crippen MR) is 66.4 cm³/mol. The van der Waals surface area contributed by atoms with Crippen LogP contribution in [0.25, 0.3) is 0 Å². The van der Waals surface area contributed by atoms with Crippen LogP contribution in [-0.2, 0) is 0 Å². The fourth-order valence-electron chi connectivity index (χ4n) is 1.28. The van der Waals surface area contributed by atoms with Gasteiger partial charge in [0.05, 0.1) is 17.0 Å². The zero-order chi connectivity index (χ0) is 14.5. The quantitative estimate of drug-likeness (QED) is 0.878. The predicted octanol–water partition coefficient (Wildman–Crippen LogP) is 2.85. The van der Waals surface area contributed by atoms with E-state index in [0.29, 0.717) is 12.4 Å². The summed E-state index contributed by atoms with van der Waals surface area (Å²) < 4.78 is 35.8. The van der Waals surface area contributed by atoms with E-state index in [1.807, 2.05) is 6.92 Å². The van der Waals surface area contributed by atoms with Gasteiger partial charge >= 0.3 is 6.18 Å². The van der Waals surface area contributed by atoms with Crippen LogP contribution in [0.5, 0.6) is 0 Å². The number of halogens is 4. The van der Waals surface area contributed by atoms with Gasteiger partial charge in [-0.05, 0) is 13.0 Å². The molecule has 0 aromatic carbocycles. The summed E-state index contributed by atoms with van der Waals surface area (Å²) in [5.74, 6) is -0.210. The summed E-state index contributed by atoms with van der Waals surface area (Å²) in [7, 11) is 0. The molecule has 2 N–H and O–H groups in total. The van der Waals surface area contributed by atoms with Gasteiger partial charge in [-0.3, -0.25) is 4.79 Å². The molecular weight excluding hydrogens is 283 g/mol. The Hall–Kier alpha value is -1.50. The number of alkyl halides is 3. The van der Waals surface area contributed by atoms with E-state index in [-0.39, 0.29) is 10.6 Å². The Morgan fingerprint density at radius 2 is 2.16 bits per heavy atom. The molecule has 0 saturated heterocycles. The van der Waals surface area contributed by atoms with Crippen molar-refractivity contribution < 1.29 is 18.0 Å². The minimum atomic E-state index is -4.29. The summed E-state index contributed by atoms with van der Waals surface area (Å²) in [6, 6.07) is 1.36. The van der Waals surface area contributed by atoms with Gasteiger partial charge in [0.15, 0.2) is 0 Å². The van der Waals surface area contributed by atoms with Crippen LogP contribution in [0.3, 0.4) is 0 Å². The van der Waals surface area contributed by atoms with Gasteiger partial charge in [-0.15, -0.1) is 0 Å². The highest BCUT2D eigenvalue weighted by Crippen LogP contribution is 2.20. The van der Waals surface area contributed by atoms with E-state index < -0.39 is 25.0 Å². The Labute approximate surface area is 113 Å². The number of nitrogens with one attached hydrogen (secondary N) is 2. The number of pyridine rings is 1. The highest BCUT2D eigenvalue weighted by molar-refractivity contribution is 6.33. The Kier molecular flexibility index (Phi) is 5.41. The number of aromatic nitrogens is 1. The van der Waals surface area contributed by atoms with Crippen molar-refractivity contribution in [1.82, 2.24) is 10.3 Å². The molecular formula is C11H13ClF3N3O. The minimum absolute atomic E-state index is 0.119. The third-order valence-corrected chi connectivity index (χ3v) is 2.43. The van der Waals surface area contributed by atoms with Crippen molar-refractivity contribution in [3.8, 4) is 0 Å². The van der Waals surface area contributed by atoms with Crippen molar-refractivity contribution in [3.63, 3.8) is 0 Å². The largest absolute Gasteiger partial charge is 0.390 e. The summed E-state index contributed by atoms with van der Waals surface area (Å²) in [6.45, 7) is 1.99. The molecule has 1 heterocycles. The van der Waals surface area contributed by atoms with E-state index in [4.69, 9.17) is 11.6 Å². The number of rotatable bonds is 5. The van der Waals surface area contributed by atoms with E-state index in [1.54, 1.807) is 0 Å². The lowest BCUT2D eigenvalue weighted by Gasteiger charge is -2.09. The van der Waals surface area contributed by atoms with Gasteiger partial charge in [0.1, 0.15) is 5.82 Å². The fourth-order valence-corrected chi connectivity index (χ4v) is 1.51. The molecule has 0 unspecified atom stereocenters. The molecule has 8 heteroatoms. The summed E-state index contributed by atoms with van der Waals surface area (Å²) in [5, 5.41) is 5.28. The second-order valence-electron chi connectivity index (χ2n) is 3.71. The van der Waals surface area contributed by atoms with Crippen LogP contribution >= 0.6 is 11.6 Å². The molecule has 1 aromatic heterocycles. The second-order valence-corrected chi connectivity index (χ2v) is 4.11. The van der Waals surface area contributed by atoms with Crippen molar-refractivity contribution in [2.45, 2.75) is 19.5 Å². The van der Waals surface area contributed by atoms with E-state index in [0.717, 1.165) is 0 Å². The van der Waals surface area contributed by atoms with Crippen LogP contribution in [0.2, 0.25) is 5.02 Å². The molecule has 0 aliphatic carbocycles. The van der Waals surface area contributed by atoms with Crippen molar-refractivity contribution in [3.05, 3.63) is 22.8 Å². The Morgan fingerprint density at radius 3 is 2.68 bits per heavy atom. The third kappa shape index (κ3) is 5.34. The molecule has 4 nitrogen and oxygen atoms in total. The maximum atomic E-state index is 11.9. The molecule has 0 spiro atoms.